The number of aliphatic hydroxyl groups excluding tert-OH is 2. The molecule has 16 heteroatoms. The van der Waals surface area contributed by atoms with Gasteiger partial charge in [-0.15, -0.1) is 0 Å². The zero-order valence-electron chi connectivity index (χ0n) is 18.7. The van der Waals surface area contributed by atoms with Crippen molar-refractivity contribution in [3.05, 3.63) is 25.3 Å². The summed E-state index contributed by atoms with van der Waals surface area (Å²) in [6.45, 7) is 19.3. The summed E-state index contributed by atoms with van der Waals surface area (Å²) in [5, 5.41) is 31.7. The fourth-order valence-corrected chi connectivity index (χ4v) is 0.492. The summed E-state index contributed by atoms with van der Waals surface area (Å²) in [6, 6.07) is 0. The molecule has 0 aliphatic heterocycles. The molecule has 4 N–H and O–H groups in total. The van der Waals surface area contributed by atoms with Crippen molar-refractivity contribution in [3.63, 3.8) is 0 Å². The SMILES string of the molecule is C=CCOC(=O)O.C=CCOC(=O)O.C=O.C=O.C=O.C=O.C=O.C=O.OCCOCCO.[W]. The van der Waals surface area contributed by atoms with Gasteiger partial charge in [0.2, 0.25) is 0 Å². The molecule has 0 unspecified atom stereocenters. The summed E-state index contributed by atoms with van der Waals surface area (Å²) in [4.78, 5) is 67.0. The van der Waals surface area contributed by atoms with Crippen LogP contribution < -0.4 is 0 Å². The minimum absolute atomic E-state index is 0. The number of carboxylic acid groups (broad SMARTS) is 2. The zero-order valence-corrected chi connectivity index (χ0v) is 21.7. The third-order valence-corrected chi connectivity index (χ3v) is 1.12. The van der Waals surface area contributed by atoms with Crippen LogP contribution in [-0.2, 0) is 64.0 Å². The van der Waals surface area contributed by atoms with E-state index in [1.54, 1.807) is 0 Å². The predicted molar refractivity (Wildman–Crippen MR) is 116 cm³/mol. The van der Waals surface area contributed by atoms with E-state index in [-0.39, 0.29) is 47.5 Å². The monoisotopic (exact) mass is 674 g/mol. The number of hydrogen-bond acceptors (Lipinski definition) is 13. The Morgan fingerprint density at radius 3 is 0.882 bits per heavy atom. The van der Waals surface area contributed by atoms with Gasteiger partial charge in [-0.1, -0.05) is 25.3 Å². The molecule has 202 valence electrons. The Balaban J connectivity index is -0.0000000256. The fraction of sp³-hybridized carbons (Fsp3) is 0.333. The van der Waals surface area contributed by atoms with Crippen LogP contribution in [0.5, 0.6) is 0 Å². The molecule has 15 nitrogen and oxygen atoms in total. The average Bonchev–Trinajstić information content (AvgIpc) is 2.89. The van der Waals surface area contributed by atoms with Crippen molar-refractivity contribution in [1.29, 1.82) is 0 Å². The van der Waals surface area contributed by atoms with Crippen molar-refractivity contribution in [2.75, 3.05) is 39.6 Å². The number of carbonyl (C=O) groups excluding carboxylic acids is 6. The van der Waals surface area contributed by atoms with E-state index < -0.39 is 12.3 Å². The van der Waals surface area contributed by atoms with Crippen LogP contribution in [0.15, 0.2) is 25.3 Å². The first kappa shape index (κ1) is 63.2. The van der Waals surface area contributed by atoms with Crippen molar-refractivity contribution < 1.29 is 94.1 Å². The summed E-state index contributed by atoms with van der Waals surface area (Å²) in [5.41, 5.74) is 0. The molecule has 0 spiro atoms. The van der Waals surface area contributed by atoms with Gasteiger partial charge in [0.25, 0.3) is 0 Å². The predicted octanol–water partition coefficient (Wildman–Crippen LogP) is -0.390. The van der Waals surface area contributed by atoms with E-state index in [2.05, 4.69) is 27.4 Å². The van der Waals surface area contributed by atoms with Crippen molar-refractivity contribution in [3.8, 4) is 0 Å². The molecule has 0 aliphatic carbocycles. The van der Waals surface area contributed by atoms with Crippen molar-refractivity contribution in [2.45, 2.75) is 0 Å². The van der Waals surface area contributed by atoms with E-state index in [0.29, 0.717) is 13.2 Å². The van der Waals surface area contributed by atoms with Crippen LogP contribution in [-0.4, -0.2) is 113 Å². The van der Waals surface area contributed by atoms with Gasteiger partial charge in [-0.2, -0.15) is 0 Å². The Morgan fingerprint density at radius 1 is 0.588 bits per heavy atom. The Labute approximate surface area is 212 Å². The molecule has 0 rings (SSSR count). The van der Waals surface area contributed by atoms with E-state index in [4.69, 9.17) is 49.2 Å². The third kappa shape index (κ3) is 294. The van der Waals surface area contributed by atoms with Crippen LogP contribution in [0.4, 0.5) is 9.59 Å². The molecule has 0 aliphatic rings. The summed E-state index contributed by atoms with van der Waals surface area (Å²) >= 11 is 0. The van der Waals surface area contributed by atoms with Crippen LogP contribution in [0.2, 0.25) is 0 Å². The standard InChI is InChI=1S/C4H10O3.2C4H6O3.6CH2O.W/c5-1-3-7-4-2-6;2*1-2-3-7-4(5)6;6*1-2;/h5-6H,1-4H2;2*2H,1,3H2,(H,5,6);6*1H2;. The van der Waals surface area contributed by atoms with E-state index in [1.807, 2.05) is 40.7 Å². The van der Waals surface area contributed by atoms with Crippen LogP contribution >= 0.6 is 0 Å². The van der Waals surface area contributed by atoms with E-state index in [1.165, 1.54) is 12.2 Å². The molecule has 0 atom stereocenters. The first-order chi connectivity index (χ1) is 16.0. The van der Waals surface area contributed by atoms with E-state index >= 15 is 0 Å². The largest absolute Gasteiger partial charge is 0.506 e. The second kappa shape index (κ2) is 131. The van der Waals surface area contributed by atoms with Gasteiger partial charge in [-0.3, -0.25) is 0 Å². The maximum absolute atomic E-state index is 9.49. The number of hydrogen-bond donors (Lipinski definition) is 4. The van der Waals surface area contributed by atoms with Gasteiger partial charge in [0.1, 0.15) is 53.9 Å². The minimum Gasteiger partial charge on any atom is -0.450 e. The topological polar surface area (TPSA) is 245 Å². The van der Waals surface area contributed by atoms with Crippen LogP contribution in [0, 0.1) is 0 Å². The molecule has 0 fully saturated rings. The molecule has 34 heavy (non-hydrogen) atoms. The average molecular weight is 674 g/mol. The Kier molecular flexibility index (Phi) is 243. The zero-order chi connectivity index (χ0) is 28.9. The molecule has 0 radical (unpaired) electrons. The van der Waals surface area contributed by atoms with E-state index in [9.17, 15) is 9.59 Å². The summed E-state index contributed by atoms with van der Waals surface area (Å²) in [6.07, 6.45) is 0.210. The summed E-state index contributed by atoms with van der Waals surface area (Å²) < 4.78 is 12.6. The number of carbonyl (C=O) groups is 8. The van der Waals surface area contributed by atoms with E-state index in [0.717, 1.165) is 0 Å². The van der Waals surface area contributed by atoms with Crippen LogP contribution in [0.1, 0.15) is 0 Å². The van der Waals surface area contributed by atoms with Crippen LogP contribution in [0.25, 0.3) is 0 Å². The van der Waals surface area contributed by atoms with Crippen molar-refractivity contribution >= 4 is 53.0 Å². The quantitative estimate of drug-likeness (QED) is 0.146. The molecule has 0 saturated heterocycles. The third-order valence-electron chi connectivity index (χ3n) is 1.12. The maximum atomic E-state index is 9.49. The second-order valence-corrected chi connectivity index (χ2v) is 2.79. The molecular weight excluding hydrogens is 640 g/mol. The Morgan fingerprint density at radius 2 is 0.794 bits per heavy atom. The minimum atomic E-state index is -1.26. The number of ether oxygens (including phenoxy) is 3. The normalized spacial score (nSPS) is 5.71. The Bertz CT molecular complexity index is 319. The molecular formula is C18H34O15W. The van der Waals surface area contributed by atoms with Gasteiger partial charge >= 0.3 is 12.3 Å². The number of aliphatic hydroxyl groups is 2. The summed E-state index contributed by atoms with van der Waals surface area (Å²) in [7, 11) is 0. The first-order valence-electron chi connectivity index (χ1n) is 7.42. The molecule has 0 aromatic rings. The fourth-order valence-electron chi connectivity index (χ4n) is 0.492. The molecule has 0 heterocycles. The molecule has 0 aromatic heterocycles. The first-order valence-corrected chi connectivity index (χ1v) is 7.42. The number of rotatable bonds is 8. The van der Waals surface area contributed by atoms with Crippen LogP contribution in [0.3, 0.4) is 0 Å². The van der Waals surface area contributed by atoms with Gasteiger partial charge in [0.05, 0.1) is 26.4 Å². The smallest absolute Gasteiger partial charge is 0.450 e. The van der Waals surface area contributed by atoms with Gasteiger partial charge in [0, 0.05) is 21.1 Å². The molecule has 0 bridgehead atoms. The van der Waals surface area contributed by atoms with Gasteiger partial charge in [0.15, 0.2) is 0 Å². The molecule has 0 amide bonds. The Hall–Kier alpha value is -3.39. The van der Waals surface area contributed by atoms with Gasteiger partial charge in [-0.25, -0.2) is 9.59 Å². The summed E-state index contributed by atoms with van der Waals surface area (Å²) in [5.74, 6) is 0. The van der Waals surface area contributed by atoms with Gasteiger partial charge < -0.3 is 63.4 Å². The second-order valence-electron chi connectivity index (χ2n) is 2.79. The van der Waals surface area contributed by atoms with Crippen molar-refractivity contribution in [2.24, 2.45) is 0 Å². The molecule has 0 saturated carbocycles. The molecule has 0 aromatic carbocycles. The maximum Gasteiger partial charge on any atom is 0.506 e. The van der Waals surface area contributed by atoms with Gasteiger partial charge in [-0.05, 0) is 0 Å². The van der Waals surface area contributed by atoms with Crippen molar-refractivity contribution in [1.82, 2.24) is 0 Å².